The number of hydrogen-bond acceptors (Lipinski definition) is 6. The summed E-state index contributed by atoms with van der Waals surface area (Å²) in [4.78, 5) is 25.3. The summed E-state index contributed by atoms with van der Waals surface area (Å²) in [7, 11) is 3.47. The summed E-state index contributed by atoms with van der Waals surface area (Å²) in [6, 6.07) is 1.45. The Morgan fingerprint density at radius 3 is 2.81 bits per heavy atom. The number of unbranched alkanes of at least 4 members (excludes halogenated alkanes) is 1. The summed E-state index contributed by atoms with van der Waals surface area (Å²) in [5, 5.41) is 4.00. The number of nitrogens with zero attached hydrogens (tertiary/aromatic N) is 3. The van der Waals surface area contributed by atoms with Gasteiger partial charge in [-0.05, 0) is 6.42 Å². The molecule has 1 rings (SSSR count). The van der Waals surface area contributed by atoms with Crippen LogP contribution < -0.4 is 10.5 Å². The molecular weight excluding hydrogens is 274 g/mol. The van der Waals surface area contributed by atoms with Gasteiger partial charge in [0.25, 0.3) is 5.56 Å². The van der Waals surface area contributed by atoms with E-state index in [0.717, 1.165) is 17.5 Å². The van der Waals surface area contributed by atoms with Crippen LogP contribution in [0.25, 0.3) is 0 Å². The van der Waals surface area contributed by atoms with E-state index in [2.05, 4.69) is 5.10 Å². The zero-order chi connectivity index (χ0) is 15.7. The molecule has 1 aromatic heterocycles. The minimum absolute atomic E-state index is 0.162. The summed E-state index contributed by atoms with van der Waals surface area (Å²) in [6.45, 7) is 3.44. The number of hydrogen-bond donors (Lipinski definition) is 0. The number of likely N-dealkylation sites (N-methyl/N-ethyl adjacent to an activating group) is 1. The molecule has 7 nitrogen and oxygen atoms in total. The fourth-order valence-corrected chi connectivity index (χ4v) is 1.61. The molecule has 0 aliphatic heterocycles. The molecule has 0 saturated carbocycles. The molecule has 0 N–H and O–H groups in total. The Kier molecular flexibility index (Phi) is 7.45. The number of ether oxygens (including phenoxy) is 2. The standard InChI is InChI=1S/C14H23N3O4/c1-4-5-7-21-14(19)11-17-13(18)9-12(10-15-17)16(2)6-8-20-3/h9-10H,4-8,11H2,1-3H3. The van der Waals surface area contributed by atoms with Crippen LogP contribution in [0.5, 0.6) is 0 Å². The van der Waals surface area contributed by atoms with Crippen LogP contribution in [0.2, 0.25) is 0 Å². The second-order valence-corrected chi connectivity index (χ2v) is 4.70. The number of rotatable bonds is 9. The molecule has 0 unspecified atom stereocenters. The highest BCUT2D eigenvalue weighted by Gasteiger charge is 2.09. The zero-order valence-electron chi connectivity index (χ0n) is 12.9. The lowest BCUT2D eigenvalue weighted by Gasteiger charge is -2.18. The molecule has 0 fully saturated rings. The molecule has 0 aliphatic carbocycles. The zero-order valence-corrected chi connectivity index (χ0v) is 12.9. The summed E-state index contributed by atoms with van der Waals surface area (Å²) in [5.74, 6) is -0.446. The van der Waals surface area contributed by atoms with Crippen molar-refractivity contribution in [1.29, 1.82) is 0 Å². The number of methoxy groups -OCH3 is 1. The number of aromatic nitrogens is 2. The molecule has 21 heavy (non-hydrogen) atoms. The van der Waals surface area contributed by atoms with E-state index >= 15 is 0 Å². The first-order valence-corrected chi connectivity index (χ1v) is 7.01. The SMILES string of the molecule is CCCCOC(=O)Cn1ncc(N(C)CCOC)cc1=O. The second kappa shape index (κ2) is 9.12. The molecule has 0 aliphatic rings. The topological polar surface area (TPSA) is 73.7 Å². The van der Waals surface area contributed by atoms with Crippen molar-refractivity contribution in [2.24, 2.45) is 0 Å². The Labute approximate surface area is 124 Å². The lowest BCUT2D eigenvalue weighted by molar-refractivity contribution is -0.144. The molecule has 1 heterocycles. The van der Waals surface area contributed by atoms with Gasteiger partial charge in [0, 0.05) is 26.8 Å². The summed E-state index contributed by atoms with van der Waals surface area (Å²) >= 11 is 0. The number of anilines is 1. The molecule has 118 valence electrons. The fourth-order valence-electron chi connectivity index (χ4n) is 1.61. The van der Waals surface area contributed by atoms with E-state index in [9.17, 15) is 9.59 Å². The highest BCUT2D eigenvalue weighted by atomic mass is 16.5. The Hall–Kier alpha value is -1.89. The van der Waals surface area contributed by atoms with Crippen LogP contribution in [0.1, 0.15) is 19.8 Å². The van der Waals surface area contributed by atoms with E-state index in [1.807, 2.05) is 18.9 Å². The van der Waals surface area contributed by atoms with Crippen molar-refractivity contribution in [2.75, 3.05) is 38.8 Å². The number of carbonyl (C=O) groups is 1. The second-order valence-electron chi connectivity index (χ2n) is 4.70. The van der Waals surface area contributed by atoms with Gasteiger partial charge in [0.2, 0.25) is 0 Å². The molecule has 0 bridgehead atoms. The van der Waals surface area contributed by atoms with E-state index in [1.165, 1.54) is 6.07 Å². The molecule has 0 saturated heterocycles. The molecule has 1 aromatic rings. The van der Waals surface area contributed by atoms with Crippen LogP contribution in [-0.4, -0.2) is 49.7 Å². The average Bonchev–Trinajstić information content (AvgIpc) is 2.47. The number of esters is 1. The van der Waals surface area contributed by atoms with Gasteiger partial charge in [0.05, 0.1) is 25.1 Å². The maximum Gasteiger partial charge on any atom is 0.327 e. The van der Waals surface area contributed by atoms with Gasteiger partial charge < -0.3 is 14.4 Å². The van der Waals surface area contributed by atoms with Crippen LogP contribution in [0.4, 0.5) is 5.69 Å². The Bertz CT molecular complexity index is 501. The van der Waals surface area contributed by atoms with Gasteiger partial charge in [-0.2, -0.15) is 5.10 Å². The average molecular weight is 297 g/mol. The van der Waals surface area contributed by atoms with Gasteiger partial charge in [-0.1, -0.05) is 13.3 Å². The normalized spacial score (nSPS) is 10.4. The minimum atomic E-state index is -0.446. The molecular formula is C14H23N3O4. The van der Waals surface area contributed by atoms with Gasteiger partial charge >= 0.3 is 5.97 Å². The van der Waals surface area contributed by atoms with Crippen molar-refractivity contribution in [3.63, 3.8) is 0 Å². The maximum atomic E-state index is 11.9. The molecule has 0 atom stereocenters. The molecule has 7 heteroatoms. The van der Waals surface area contributed by atoms with Crippen molar-refractivity contribution >= 4 is 11.7 Å². The van der Waals surface area contributed by atoms with Crippen LogP contribution in [0.15, 0.2) is 17.1 Å². The predicted octanol–water partition coefficient (Wildman–Crippen LogP) is 0.669. The molecule has 0 aromatic carbocycles. The smallest absolute Gasteiger partial charge is 0.327 e. The van der Waals surface area contributed by atoms with Crippen LogP contribution in [-0.2, 0) is 20.8 Å². The van der Waals surface area contributed by atoms with Gasteiger partial charge in [-0.25, -0.2) is 4.68 Å². The van der Waals surface area contributed by atoms with Crippen LogP contribution >= 0.6 is 0 Å². The van der Waals surface area contributed by atoms with Crippen molar-refractivity contribution in [3.05, 3.63) is 22.6 Å². The molecule has 0 amide bonds. The lowest BCUT2D eigenvalue weighted by Crippen LogP contribution is -2.30. The van der Waals surface area contributed by atoms with E-state index in [1.54, 1.807) is 13.3 Å². The first kappa shape index (κ1) is 17.2. The number of carbonyl (C=O) groups excluding carboxylic acids is 1. The van der Waals surface area contributed by atoms with Gasteiger partial charge in [-0.15, -0.1) is 0 Å². The van der Waals surface area contributed by atoms with E-state index in [4.69, 9.17) is 9.47 Å². The fraction of sp³-hybridized carbons (Fsp3) is 0.643. The monoisotopic (exact) mass is 297 g/mol. The molecule has 0 radical (unpaired) electrons. The third-order valence-electron chi connectivity index (χ3n) is 2.97. The Balaban J connectivity index is 2.61. The van der Waals surface area contributed by atoms with Crippen molar-refractivity contribution in [1.82, 2.24) is 9.78 Å². The van der Waals surface area contributed by atoms with E-state index in [0.29, 0.717) is 25.4 Å². The summed E-state index contributed by atoms with van der Waals surface area (Å²) < 4.78 is 11.1. The summed E-state index contributed by atoms with van der Waals surface area (Å²) in [5.41, 5.74) is 0.358. The predicted molar refractivity (Wildman–Crippen MR) is 79.5 cm³/mol. The minimum Gasteiger partial charge on any atom is -0.464 e. The first-order valence-electron chi connectivity index (χ1n) is 7.01. The Morgan fingerprint density at radius 1 is 1.43 bits per heavy atom. The van der Waals surface area contributed by atoms with Crippen LogP contribution in [0.3, 0.4) is 0 Å². The lowest BCUT2D eigenvalue weighted by atomic mass is 10.4. The summed E-state index contributed by atoms with van der Waals surface area (Å²) in [6.07, 6.45) is 3.32. The van der Waals surface area contributed by atoms with E-state index in [-0.39, 0.29) is 12.1 Å². The quantitative estimate of drug-likeness (QED) is 0.493. The van der Waals surface area contributed by atoms with Crippen LogP contribution in [0, 0.1) is 0 Å². The highest BCUT2D eigenvalue weighted by Crippen LogP contribution is 2.06. The Morgan fingerprint density at radius 2 is 2.19 bits per heavy atom. The molecule has 0 spiro atoms. The maximum absolute atomic E-state index is 11.9. The van der Waals surface area contributed by atoms with Crippen molar-refractivity contribution in [2.45, 2.75) is 26.3 Å². The third kappa shape index (κ3) is 5.95. The van der Waals surface area contributed by atoms with Crippen molar-refractivity contribution < 1.29 is 14.3 Å². The first-order chi connectivity index (χ1) is 10.1. The largest absolute Gasteiger partial charge is 0.464 e. The van der Waals surface area contributed by atoms with E-state index < -0.39 is 5.97 Å². The van der Waals surface area contributed by atoms with Gasteiger partial charge in [-0.3, -0.25) is 9.59 Å². The van der Waals surface area contributed by atoms with Gasteiger partial charge in [0.1, 0.15) is 6.54 Å². The third-order valence-corrected chi connectivity index (χ3v) is 2.97. The van der Waals surface area contributed by atoms with Gasteiger partial charge in [0.15, 0.2) is 0 Å². The van der Waals surface area contributed by atoms with Crippen molar-refractivity contribution in [3.8, 4) is 0 Å². The highest BCUT2D eigenvalue weighted by molar-refractivity contribution is 5.69.